The van der Waals surface area contributed by atoms with Gasteiger partial charge in [-0.2, -0.15) is 0 Å². The molecule has 1 aromatic carbocycles. The predicted molar refractivity (Wildman–Crippen MR) is 43.6 cm³/mol. The van der Waals surface area contributed by atoms with Gasteiger partial charge in [0, 0.05) is 12.5 Å². The van der Waals surface area contributed by atoms with E-state index in [0.717, 1.165) is 0 Å². The topological polar surface area (TPSA) is 40.5 Å². The molecule has 0 aliphatic heterocycles. The van der Waals surface area contributed by atoms with Crippen LogP contribution >= 0.6 is 0 Å². The SMILES string of the molecule is CC(CO)c1cccc(O)c1F. The molecule has 1 aromatic rings. The lowest BCUT2D eigenvalue weighted by molar-refractivity contribution is 0.269. The van der Waals surface area contributed by atoms with Gasteiger partial charge in [0.2, 0.25) is 0 Å². The van der Waals surface area contributed by atoms with E-state index in [0.29, 0.717) is 5.56 Å². The van der Waals surface area contributed by atoms with Crippen molar-refractivity contribution in [3.63, 3.8) is 0 Å². The van der Waals surface area contributed by atoms with E-state index in [1.54, 1.807) is 19.1 Å². The second kappa shape index (κ2) is 3.54. The summed E-state index contributed by atoms with van der Waals surface area (Å²) in [6.07, 6.45) is 0. The number of rotatable bonds is 2. The van der Waals surface area contributed by atoms with Gasteiger partial charge >= 0.3 is 0 Å². The Morgan fingerprint density at radius 3 is 2.75 bits per heavy atom. The third-order valence-corrected chi connectivity index (χ3v) is 1.81. The monoisotopic (exact) mass is 170 g/mol. The number of hydrogen-bond donors (Lipinski definition) is 2. The first-order valence-corrected chi connectivity index (χ1v) is 3.75. The van der Waals surface area contributed by atoms with E-state index in [1.165, 1.54) is 6.07 Å². The molecule has 0 radical (unpaired) electrons. The lowest BCUT2D eigenvalue weighted by Crippen LogP contribution is -2.01. The van der Waals surface area contributed by atoms with Crippen LogP contribution in [0, 0.1) is 5.82 Å². The second-order valence-electron chi connectivity index (χ2n) is 2.76. The maximum atomic E-state index is 13.1. The lowest BCUT2D eigenvalue weighted by atomic mass is 10.0. The van der Waals surface area contributed by atoms with E-state index in [-0.39, 0.29) is 18.3 Å². The van der Waals surface area contributed by atoms with Gasteiger partial charge in [-0.3, -0.25) is 0 Å². The first-order chi connectivity index (χ1) is 5.66. The van der Waals surface area contributed by atoms with Crippen LogP contribution in [-0.2, 0) is 0 Å². The fourth-order valence-corrected chi connectivity index (χ4v) is 1.02. The summed E-state index contributed by atoms with van der Waals surface area (Å²) < 4.78 is 13.1. The van der Waals surface area contributed by atoms with Crippen molar-refractivity contribution in [3.8, 4) is 5.75 Å². The molecule has 0 aromatic heterocycles. The van der Waals surface area contributed by atoms with Crippen molar-refractivity contribution in [1.29, 1.82) is 0 Å². The summed E-state index contributed by atoms with van der Waals surface area (Å²) in [6, 6.07) is 4.39. The van der Waals surface area contributed by atoms with Gasteiger partial charge in [0.15, 0.2) is 11.6 Å². The van der Waals surface area contributed by atoms with Crippen LogP contribution in [0.5, 0.6) is 5.75 Å². The number of aliphatic hydroxyl groups is 1. The van der Waals surface area contributed by atoms with Crippen LogP contribution in [-0.4, -0.2) is 16.8 Å². The van der Waals surface area contributed by atoms with E-state index in [4.69, 9.17) is 10.2 Å². The summed E-state index contributed by atoms with van der Waals surface area (Å²) in [5.74, 6) is -1.29. The molecular weight excluding hydrogens is 159 g/mol. The molecule has 0 amide bonds. The Kier molecular flexibility index (Phi) is 2.65. The molecule has 0 fully saturated rings. The number of aromatic hydroxyl groups is 1. The fraction of sp³-hybridized carbons (Fsp3) is 0.333. The van der Waals surface area contributed by atoms with Crippen LogP contribution in [0.1, 0.15) is 18.4 Å². The number of halogens is 1. The average Bonchev–Trinajstić information content (AvgIpc) is 2.08. The summed E-state index contributed by atoms with van der Waals surface area (Å²) in [5.41, 5.74) is 0.345. The fourth-order valence-electron chi connectivity index (χ4n) is 1.02. The minimum Gasteiger partial charge on any atom is -0.505 e. The Morgan fingerprint density at radius 1 is 1.50 bits per heavy atom. The largest absolute Gasteiger partial charge is 0.505 e. The Balaban J connectivity index is 3.07. The summed E-state index contributed by atoms with van der Waals surface area (Å²) in [7, 11) is 0. The van der Waals surface area contributed by atoms with Gasteiger partial charge in [0.25, 0.3) is 0 Å². The molecule has 3 heteroatoms. The van der Waals surface area contributed by atoms with Crippen LogP contribution < -0.4 is 0 Å². The second-order valence-corrected chi connectivity index (χ2v) is 2.76. The van der Waals surface area contributed by atoms with E-state index >= 15 is 0 Å². The van der Waals surface area contributed by atoms with Crippen molar-refractivity contribution in [2.45, 2.75) is 12.8 Å². The summed E-state index contributed by atoms with van der Waals surface area (Å²) >= 11 is 0. The van der Waals surface area contributed by atoms with Gasteiger partial charge in [-0.05, 0) is 11.6 Å². The number of phenols is 1. The van der Waals surface area contributed by atoms with Crippen LogP contribution in [0.2, 0.25) is 0 Å². The smallest absolute Gasteiger partial charge is 0.168 e. The van der Waals surface area contributed by atoms with Gasteiger partial charge in [-0.1, -0.05) is 19.1 Å². The Labute approximate surface area is 70.3 Å². The van der Waals surface area contributed by atoms with E-state index < -0.39 is 5.82 Å². The Hall–Kier alpha value is -1.09. The molecule has 1 atom stereocenters. The molecule has 0 aliphatic rings. The van der Waals surface area contributed by atoms with Crippen molar-refractivity contribution in [3.05, 3.63) is 29.6 Å². The summed E-state index contributed by atoms with van der Waals surface area (Å²) in [6.45, 7) is 1.57. The van der Waals surface area contributed by atoms with Gasteiger partial charge in [-0.15, -0.1) is 0 Å². The normalized spacial score (nSPS) is 12.9. The molecule has 66 valence electrons. The molecule has 0 aliphatic carbocycles. The molecule has 1 unspecified atom stereocenters. The molecule has 2 N–H and O–H groups in total. The molecule has 0 spiro atoms. The van der Waals surface area contributed by atoms with Gasteiger partial charge in [-0.25, -0.2) is 4.39 Å². The molecule has 2 nitrogen and oxygen atoms in total. The standard InChI is InChI=1S/C9H11FO2/c1-6(5-11)7-3-2-4-8(12)9(7)10/h2-4,6,11-12H,5H2,1H3. The molecule has 0 heterocycles. The highest BCUT2D eigenvalue weighted by Gasteiger charge is 2.12. The number of benzene rings is 1. The van der Waals surface area contributed by atoms with Gasteiger partial charge in [0.05, 0.1) is 0 Å². The number of hydrogen-bond acceptors (Lipinski definition) is 2. The molecular formula is C9H11FO2. The molecule has 12 heavy (non-hydrogen) atoms. The van der Waals surface area contributed by atoms with E-state index in [2.05, 4.69) is 0 Å². The number of aliphatic hydroxyl groups excluding tert-OH is 1. The highest BCUT2D eigenvalue weighted by molar-refractivity contribution is 5.31. The summed E-state index contributed by atoms with van der Waals surface area (Å²) in [4.78, 5) is 0. The lowest BCUT2D eigenvalue weighted by Gasteiger charge is -2.09. The van der Waals surface area contributed by atoms with Crippen molar-refractivity contribution < 1.29 is 14.6 Å². The third kappa shape index (κ3) is 1.56. The first kappa shape index (κ1) is 9.00. The Bertz CT molecular complexity index is 273. The van der Waals surface area contributed by atoms with E-state index in [9.17, 15) is 4.39 Å². The maximum absolute atomic E-state index is 13.1. The van der Waals surface area contributed by atoms with Crippen molar-refractivity contribution in [1.82, 2.24) is 0 Å². The summed E-state index contributed by atoms with van der Waals surface area (Å²) in [5, 5.41) is 17.7. The highest BCUT2D eigenvalue weighted by atomic mass is 19.1. The van der Waals surface area contributed by atoms with Crippen molar-refractivity contribution >= 4 is 0 Å². The van der Waals surface area contributed by atoms with Crippen LogP contribution in [0.3, 0.4) is 0 Å². The molecule has 0 bridgehead atoms. The van der Waals surface area contributed by atoms with Crippen LogP contribution in [0.25, 0.3) is 0 Å². The Morgan fingerprint density at radius 2 is 2.17 bits per heavy atom. The minimum absolute atomic E-state index is 0.125. The van der Waals surface area contributed by atoms with E-state index in [1.807, 2.05) is 0 Å². The minimum atomic E-state index is -0.640. The zero-order valence-electron chi connectivity index (χ0n) is 6.79. The first-order valence-electron chi connectivity index (χ1n) is 3.75. The average molecular weight is 170 g/mol. The zero-order chi connectivity index (χ0) is 9.14. The maximum Gasteiger partial charge on any atom is 0.168 e. The van der Waals surface area contributed by atoms with Crippen LogP contribution in [0.4, 0.5) is 4.39 Å². The van der Waals surface area contributed by atoms with Crippen molar-refractivity contribution in [2.75, 3.05) is 6.61 Å². The quantitative estimate of drug-likeness (QED) is 0.708. The predicted octanol–water partition coefficient (Wildman–Crippen LogP) is 1.63. The molecule has 0 saturated carbocycles. The molecule has 1 rings (SSSR count). The van der Waals surface area contributed by atoms with Gasteiger partial charge < -0.3 is 10.2 Å². The highest BCUT2D eigenvalue weighted by Crippen LogP contribution is 2.24. The number of phenolic OH excluding ortho intramolecular Hbond substituents is 1. The van der Waals surface area contributed by atoms with Crippen molar-refractivity contribution in [2.24, 2.45) is 0 Å². The molecule has 0 saturated heterocycles. The van der Waals surface area contributed by atoms with Crippen LogP contribution in [0.15, 0.2) is 18.2 Å². The zero-order valence-corrected chi connectivity index (χ0v) is 6.79. The third-order valence-electron chi connectivity index (χ3n) is 1.81. The van der Waals surface area contributed by atoms with Gasteiger partial charge in [0.1, 0.15) is 0 Å².